The Balaban J connectivity index is 2.34. The van der Waals surface area contributed by atoms with Crippen LogP contribution in [0.1, 0.15) is 30.8 Å². The first kappa shape index (κ1) is 17.0. The zero-order valence-corrected chi connectivity index (χ0v) is 14.6. The molecule has 0 aliphatic carbocycles. The molecule has 4 N–H and O–H groups in total. The molecule has 1 aromatic heterocycles. The van der Waals surface area contributed by atoms with Crippen molar-refractivity contribution in [2.75, 3.05) is 26.4 Å². The van der Waals surface area contributed by atoms with Gasteiger partial charge in [0.15, 0.2) is 11.0 Å². The van der Waals surface area contributed by atoms with E-state index in [-0.39, 0.29) is 0 Å². The third-order valence-corrected chi connectivity index (χ3v) is 4.77. The molecule has 2 aromatic rings. The summed E-state index contributed by atoms with van der Waals surface area (Å²) in [6.45, 7) is 3.93. The van der Waals surface area contributed by atoms with Crippen LogP contribution in [0.3, 0.4) is 0 Å². The zero-order chi connectivity index (χ0) is 15.9. The number of hydrogen-bond donors (Lipinski definition) is 2. The summed E-state index contributed by atoms with van der Waals surface area (Å²) in [4.78, 5) is 1.39. The number of nitrogens with zero attached hydrogens (tertiary/aromatic N) is 3. The van der Waals surface area contributed by atoms with Crippen molar-refractivity contribution in [3.63, 3.8) is 0 Å². The molecule has 2 rings (SSSR count). The predicted molar refractivity (Wildman–Crippen MR) is 89.9 cm³/mol. The Morgan fingerprint density at radius 3 is 2.55 bits per heavy atom. The fraction of sp³-hybridized carbons (Fsp3) is 0.500. The van der Waals surface area contributed by atoms with Gasteiger partial charge in [-0.25, -0.2) is 0 Å². The summed E-state index contributed by atoms with van der Waals surface area (Å²) in [5, 5.41) is 9.95. The van der Waals surface area contributed by atoms with Crippen LogP contribution in [0.5, 0.6) is 0 Å². The summed E-state index contributed by atoms with van der Waals surface area (Å²) in [6, 6.07) is 10.9. The molecule has 6 heteroatoms. The van der Waals surface area contributed by atoms with Gasteiger partial charge in [-0.3, -0.25) is 4.57 Å². The minimum absolute atomic E-state index is 0.366. The summed E-state index contributed by atoms with van der Waals surface area (Å²) in [6.07, 6.45) is 1.05. The van der Waals surface area contributed by atoms with Crippen molar-refractivity contribution in [2.24, 2.45) is 0 Å². The van der Waals surface area contributed by atoms with E-state index >= 15 is 0 Å². The van der Waals surface area contributed by atoms with E-state index in [1.807, 2.05) is 6.07 Å². The van der Waals surface area contributed by atoms with Crippen molar-refractivity contribution in [1.29, 1.82) is 0 Å². The highest BCUT2D eigenvalue weighted by Gasteiger charge is 2.24. The van der Waals surface area contributed by atoms with Crippen molar-refractivity contribution >= 4 is 11.8 Å². The van der Waals surface area contributed by atoms with Gasteiger partial charge in [0.1, 0.15) is 6.04 Å². The minimum atomic E-state index is 0.366. The van der Waals surface area contributed by atoms with Crippen LogP contribution in [0.2, 0.25) is 0 Å². The highest BCUT2D eigenvalue weighted by Crippen LogP contribution is 2.21. The van der Waals surface area contributed by atoms with Gasteiger partial charge in [0.25, 0.3) is 0 Å². The molecule has 1 heterocycles. The first-order chi connectivity index (χ1) is 10.7. The number of rotatable bonds is 8. The number of hydrogen-bond acceptors (Lipinski definition) is 3. The molecule has 0 saturated carbocycles. The molecule has 22 heavy (non-hydrogen) atoms. The normalized spacial score (nSPS) is 12.8. The Bertz CT molecular complexity index is 567. The average Bonchev–Trinajstić information content (AvgIpc) is 2.89. The van der Waals surface area contributed by atoms with Crippen LogP contribution >= 0.6 is 11.8 Å². The lowest BCUT2D eigenvalue weighted by atomic mass is 10.2. The molecular formula is C16H27N5S+2. The average molecular weight is 321 g/mol. The lowest BCUT2D eigenvalue weighted by Crippen LogP contribution is -3.06. The third-order valence-electron chi connectivity index (χ3n) is 3.72. The maximum Gasteiger partial charge on any atom is 0.192 e. The Kier molecular flexibility index (Phi) is 6.42. The van der Waals surface area contributed by atoms with Crippen LogP contribution in [0.4, 0.5) is 0 Å². The van der Waals surface area contributed by atoms with Crippen LogP contribution in [0.25, 0.3) is 0 Å². The van der Waals surface area contributed by atoms with Gasteiger partial charge in [-0.15, -0.1) is 10.2 Å². The maximum absolute atomic E-state index is 4.51. The summed E-state index contributed by atoms with van der Waals surface area (Å²) < 4.78 is 2.27. The monoisotopic (exact) mass is 321 g/mol. The van der Waals surface area contributed by atoms with Crippen LogP contribution in [0, 0.1) is 0 Å². The molecule has 0 bridgehead atoms. The number of nitrogens with one attached hydrogen (secondary N) is 1. The van der Waals surface area contributed by atoms with Gasteiger partial charge in [0.2, 0.25) is 0 Å². The molecule has 0 spiro atoms. The highest BCUT2D eigenvalue weighted by molar-refractivity contribution is 7.99. The van der Waals surface area contributed by atoms with E-state index in [0.717, 1.165) is 36.2 Å². The van der Waals surface area contributed by atoms with Crippen molar-refractivity contribution in [3.05, 3.63) is 41.7 Å². The van der Waals surface area contributed by atoms with Crippen molar-refractivity contribution < 1.29 is 10.6 Å². The van der Waals surface area contributed by atoms with E-state index in [0.29, 0.717) is 6.04 Å². The fourth-order valence-electron chi connectivity index (χ4n) is 2.59. The molecule has 0 unspecified atom stereocenters. The molecule has 0 saturated heterocycles. The molecule has 120 valence electrons. The first-order valence-corrected chi connectivity index (χ1v) is 8.85. The first-order valence-electron chi connectivity index (χ1n) is 7.86. The molecule has 1 aromatic carbocycles. The second kappa shape index (κ2) is 8.31. The van der Waals surface area contributed by atoms with Crippen LogP contribution in [-0.4, -0.2) is 41.2 Å². The molecule has 0 aliphatic rings. The van der Waals surface area contributed by atoms with E-state index in [1.165, 1.54) is 10.5 Å². The van der Waals surface area contributed by atoms with Crippen LogP contribution in [-0.2, 0) is 6.54 Å². The van der Waals surface area contributed by atoms with Crippen molar-refractivity contribution in [2.45, 2.75) is 31.1 Å². The van der Waals surface area contributed by atoms with Gasteiger partial charge >= 0.3 is 0 Å². The summed E-state index contributed by atoms with van der Waals surface area (Å²) >= 11 is 1.74. The molecule has 0 radical (unpaired) electrons. The lowest BCUT2D eigenvalue weighted by molar-refractivity contribution is -0.893. The Hall–Kier alpha value is -1.37. The SMILES string of the molecule is CC[C@H](c1nnc(SCC[NH3+])n1Cc1ccccc1)[NH+](C)C. The molecule has 0 amide bonds. The van der Waals surface area contributed by atoms with Gasteiger partial charge in [-0.05, 0) is 5.56 Å². The van der Waals surface area contributed by atoms with Gasteiger partial charge in [0, 0.05) is 6.42 Å². The van der Waals surface area contributed by atoms with E-state index in [1.54, 1.807) is 11.8 Å². The topological polar surface area (TPSA) is 62.8 Å². The minimum Gasteiger partial charge on any atom is -0.357 e. The Morgan fingerprint density at radius 1 is 1.23 bits per heavy atom. The number of aromatic nitrogens is 3. The summed E-state index contributed by atoms with van der Waals surface area (Å²) in [5.74, 6) is 2.05. The predicted octanol–water partition coefficient (Wildman–Crippen LogP) is 0.256. The van der Waals surface area contributed by atoms with E-state index in [2.05, 4.69) is 65.8 Å². The maximum atomic E-state index is 4.51. The zero-order valence-electron chi connectivity index (χ0n) is 13.7. The number of quaternary nitrogens is 2. The van der Waals surface area contributed by atoms with E-state index in [9.17, 15) is 0 Å². The molecule has 0 aliphatic heterocycles. The third kappa shape index (κ3) is 4.09. The van der Waals surface area contributed by atoms with Crippen molar-refractivity contribution in [1.82, 2.24) is 14.8 Å². The largest absolute Gasteiger partial charge is 0.357 e. The van der Waals surface area contributed by atoms with Gasteiger partial charge in [-0.1, -0.05) is 49.0 Å². The quantitative estimate of drug-likeness (QED) is 0.686. The number of thioether (sulfide) groups is 1. The smallest absolute Gasteiger partial charge is 0.192 e. The second-order valence-electron chi connectivity index (χ2n) is 5.65. The van der Waals surface area contributed by atoms with E-state index < -0.39 is 0 Å². The lowest BCUT2D eigenvalue weighted by Gasteiger charge is -2.20. The number of benzene rings is 1. The molecule has 5 nitrogen and oxygen atoms in total. The molecular weight excluding hydrogens is 294 g/mol. The Morgan fingerprint density at radius 2 is 1.95 bits per heavy atom. The van der Waals surface area contributed by atoms with Gasteiger partial charge in [0.05, 0.1) is 32.9 Å². The van der Waals surface area contributed by atoms with Crippen LogP contribution < -0.4 is 10.6 Å². The molecule has 0 fully saturated rings. The summed E-state index contributed by atoms with van der Waals surface area (Å²) in [5.41, 5.74) is 5.20. The second-order valence-corrected chi connectivity index (χ2v) is 6.71. The fourth-order valence-corrected chi connectivity index (χ4v) is 3.33. The van der Waals surface area contributed by atoms with Gasteiger partial charge < -0.3 is 10.6 Å². The standard InChI is InChI=1S/C16H25N5S/c1-4-14(20(2)3)15-18-19-16(22-11-10-17)21(15)12-13-8-6-5-7-9-13/h5-9,14H,4,10-12,17H2,1-3H3/p+2/t14-/m1/s1. The summed E-state index contributed by atoms with van der Waals surface area (Å²) in [7, 11) is 4.36. The van der Waals surface area contributed by atoms with Crippen molar-refractivity contribution in [3.8, 4) is 0 Å². The van der Waals surface area contributed by atoms with E-state index in [4.69, 9.17) is 0 Å². The van der Waals surface area contributed by atoms with Crippen LogP contribution in [0.15, 0.2) is 35.5 Å². The molecule has 1 atom stereocenters. The van der Waals surface area contributed by atoms with Gasteiger partial charge in [-0.2, -0.15) is 0 Å². The Labute approximate surface area is 136 Å². The highest BCUT2D eigenvalue weighted by atomic mass is 32.2.